The average molecular weight is 312 g/mol. The van der Waals surface area contributed by atoms with E-state index in [4.69, 9.17) is 19.3 Å². The molecule has 8 nitrogen and oxygen atoms in total. The third kappa shape index (κ3) is 11.3. The van der Waals surface area contributed by atoms with Gasteiger partial charge in [-0.05, 0) is 0 Å². The third-order valence-corrected chi connectivity index (χ3v) is 3.60. The third-order valence-electron chi connectivity index (χ3n) is 1.65. The van der Waals surface area contributed by atoms with Gasteiger partial charge in [-0.2, -0.15) is 16.8 Å². The summed E-state index contributed by atoms with van der Waals surface area (Å²) in [5, 5.41) is 17.6. The van der Waals surface area contributed by atoms with E-state index in [-0.39, 0.29) is 62.0 Å². The van der Waals surface area contributed by atoms with Gasteiger partial charge in [0.25, 0.3) is 20.2 Å². The van der Waals surface area contributed by atoms with Crippen LogP contribution in [-0.2, 0) is 20.2 Å². The molecule has 0 aliphatic carbocycles. The second kappa shape index (κ2) is 8.82. The van der Waals surface area contributed by atoms with Crippen molar-refractivity contribution in [3.05, 3.63) is 0 Å². The Hall–Kier alpha value is 1.74. The average Bonchev–Trinajstić information content (AvgIpc) is 1.98. The van der Waals surface area contributed by atoms with E-state index in [0.717, 1.165) is 0 Å². The second-order valence-corrected chi connectivity index (χ2v) is 6.17. The summed E-state index contributed by atoms with van der Waals surface area (Å²) in [6, 6.07) is 0. The first-order valence-electron chi connectivity index (χ1n) is 3.66. The number of aliphatic hydroxyl groups is 2. The number of rotatable bonds is 6. The molecule has 12 heteroatoms. The zero-order chi connectivity index (χ0) is 12.3. The van der Waals surface area contributed by atoms with Gasteiger partial charge in [-0.1, -0.05) is 0 Å². The van der Waals surface area contributed by atoms with E-state index >= 15 is 0 Å². The molecule has 0 amide bonds. The van der Waals surface area contributed by atoms with Crippen molar-refractivity contribution < 1.29 is 98.1 Å². The van der Waals surface area contributed by atoms with Gasteiger partial charge >= 0.3 is 59.1 Å². The minimum atomic E-state index is -4.57. The molecule has 0 saturated carbocycles. The standard InChI is InChI=1S/C5H12O8S2.2Na.2H/c6-1-5(2-7,3-14(8,9)10)4-15(11,12)13;;;;/h6-7H,1-4H2,(H,8,9,10)(H,11,12,13);;;;/q;2*+1;2*-1. The van der Waals surface area contributed by atoms with Crippen molar-refractivity contribution in [3.8, 4) is 0 Å². The van der Waals surface area contributed by atoms with Gasteiger partial charge in [0.1, 0.15) is 0 Å². The number of hydrogen-bond donors (Lipinski definition) is 4. The molecule has 0 aromatic rings. The summed E-state index contributed by atoms with van der Waals surface area (Å²) >= 11 is 0. The predicted octanol–water partition coefficient (Wildman–Crippen LogP) is -8.03. The van der Waals surface area contributed by atoms with Gasteiger partial charge in [-0.3, -0.25) is 9.11 Å². The van der Waals surface area contributed by atoms with Crippen LogP contribution >= 0.6 is 0 Å². The Morgan fingerprint density at radius 3 is 1.18 bits per heavy atom. The number of hydrogen-bond acceptors (Lipinski definition) is 6. The van der Waals surface area contributed by atoms with Crippen LogP contribution in [0.5, 0.6) is 0 Å². The molecule has 0 unspecified atom stereocenters. The topological polar surface area (TPSA) is 149 Å². The molecule has 4 N–H and O–H groups in total. The van der Waals surface area contributed by atoms with E-state index in [1.807, 2.05) is 0 Å². The van der Waals surface area contributed by atoms with Crippen LogP contribution in [0.4, 0.5) is 0 Å². The van der Waals surface area contributed by atoms with Gasteiger partial charge in [0.15, 0.2) is 0 Å². The largest absolute Gasteiger partial charge is 1.00 e. The molecular weight excluding hydrogens is 298 g/mol. The summed E-state index contributed by atoms with van der Waals surface area (Å²) in [4.78, 5) is 0. The molecule has 17 heavy (non-hydrogen) atoms. The second-order valence-electron chi connectivity index (χ2n) is 3.27. The van der Waals surface area contributed by atoms with Crippen molar-refractivity contribution in [1.29, 1.82) is 0 Å². The normalized spacial score (nSPS) is 12.5. The molecule has 0 fully saturated rings. The molecule has 0 aliphatic rings. The van der Waals surface area contributed by atoms with Gasteiger partial charge < -0.3 is 13.1 Å². The van der Waals surface area contributed by atoms with E-state index < -0.39 is 50.4 Å². The molecule has 0 aliphatic heterocycles. The Bertz CT molecular complexity index is 371. The van der Waals surface area contributed by atoms with E-state index in [2.05, 4.69) is 0 Å². The van der Waals surface area contributed by atoms with Crippen LogP contribution in [0.15, 0.2) is 0 Å². The molecule has 0 atom stereocenters. The van der Waals surface area contributed by atoms with Crippen LogP contribution in [0.25, 0.3) is 0 Å². The summed E-state index contributed by atoms with van der Waals surface area (Å²) in [5.41, 5.74) is -2.01. The monoisotopic (exact) mass is 312 g/mol. The fourth-order valence-electron chi connectivity index (χ4n) is 1.05. The van der Waals surface area contributed by atoms with Crippen molar-refractivity contribution in [1.82, 2.24) is 0 Å². The Morgan fingerprint density at radius 1 is 0.824 bits per heavy atom. The number of aliphatic hydroxyl groups excluding tert-OH is 2. The van der Waals surface area contributed by atoms with Crippen LogP contribution in [0.2, 0.25) is 0 Å². The summed E-state index contributed by atoms with van der Waals surface area (Å²) in [5.74, 6) is -2.32. The van der Waals surface area contributed by atoms with E-state index in [1.165, 1.54) is 0 Å². The van der Waals surface area contributed by atoms with E-state index in [0.29, 0.717) is 0 Å². The SMILES string of the molecule is O=S(=O)(O)CC(CO)(CO)CS(=O)(=O)O.[H-].[H-].[Na+].[Na+]. The van der Waals surface area contributed by atoms with Crippen LogP contribution < -0.4 is 59.1 Å². The van der Waals surface area contributed by atoms with E-state index in [9.17, 15) is 16.8 Å². The van der Waals surface area contributed by atoms with Crippen molar-refractivity contribution in [2.45, 2.75) is 0 Å². The van der Waals surface area contributed by atoms with Gasteiger partial charge in [-0.25, -0.2) is 0 Å². The Kier molecular flexibility index (Phi) is 12.4. The fraction of sp³-hybridized carbons (Fsp3) is 1.00. The summed E-state index contributed by atoms with van der Waals surface area (Å²) in [6.07, 6.45) is 0. The minimum Gasteiger partial charge on any atom is -1.00 e. The van der Waals surface area contributed by atoms with Crippen LogP contribution in [-0.4, -0.2) is 60.9 Å². The van der Waals surface area contributed by atoms with E-state index in [1.54, 1.807) is 0 Å². The zero-order valence-electron chi connectivity index (χ0n) is 11.6. The molecular formula is C5H14Na2O8S2. The van der Waals surface area contributed by atoms with Gasteiger partial charge in [-0.15, -0.1) is 0 Å². The van der Waals surface area contributed by atoms with Crippen LogP contribution in [0.3, 0.4) is 0 Å². The van der Waals surface area contributed by atoms with Crippen molar-refractivity contribution in [2.75, 3.05) is 24.7 Å². The van der Waals surface area contributed by atoms with Gasteiger partial charge in [0.2, 0.25) is 0 Å². The molecule has 96 valence electrons. The maximum Gasteiger partial charge on any atom is 1.00 e. The first kappa shape index (κ1) is 23.8. The Balaban J connectivity index is -0.000000163. The molecule has 0 aromatic heterocycles. The predicted molar refractivity (Wildman–Crippen MR) is 51.7 cm³/mol. The van der Waals surface area contributed by atoms with Crippen molar-refractivity contribution >= 4 is 20.2 Å². The molecule has 0 heterocycles. The summed E-state index contributed by atoms with van der Waals surface area (Å²) in [6.45, 7) is -2.02. The van der Waals surface area contributed by atoms with Gasteiger partial charge in [0.05, 0.1) is 24.7 Å². The van der Waals surface area contributed by atoms with Crippen LogP contribution in [0.1, 0.15) is 2.85 Å². The zero-order valence-corrected chi connectivity index (χ0v) is 15.2. The molecule has 0 aromatic carbocycles. The maximum atomic E-state index is 10.5. The molecule has 0 spiro atoms. The first-order valence-corrected chi connectivity index (χ1v) is 6.87. The fourth-order valence-corrected chi connectivity index (χ4v) is 3.29. The maximum absolute atomic E-state index is 10.5. The quantitative estimate of drug-likeness (QED) is 0.279. The minimum absolute atomic E-state index is 0. The van der Waals surface area contributed by atoms with Crippen LogP contribution in [0, 0.1) is 5.41 Å². The smallest absolute Gasteiger partial charge is 1.00 e. The molecule has 0 radical (unpaired) electrons. The molecule has 0 rings (SSSR count). The Labute approximate surface area is 147 Å². The molecule has 0 saturated heterocycles. The van der Waals surface area contributed by atoms with Crippen molar-refractivity contribution in [3.63, 3.8) is 0 Å². The Morgan fingerprint density at radius 2 is 1.06 bits per heavy atom. The molecule has 0 bridgehead atoms. The summed E-state index contributed by atoms with van der Waals surface area (Å²) < 4.78 is 59.0. The first-order chi connectivity index (χ1) is 6.54. The van der Waals surface area contributed by atoms with Crippen molar-refractivity contribution in [2.24, 2.45) is 5.41 Å². The van der Waals surface area contributed by atoms with Gasteiger partial charge in [0, 0.05) is 5.41 Å². The summed E-state index contributed by atoms with van der Waals surface area (Å²) in [7, 11) is -9.15.